The Morgan fingerprint density at radius 3 is 3.00 bits per heavy atom. The van der Waals surface area contributed by atoms with Crippen LogP contribution in [0.1, 0.15) is 18.5 Å². The zero-order chi connectivity index (χ0) is 14.8. The van der Waals surface area contributed by atoms with E-state index in [1.807, 2.05) is 0 Å². The SMILES string of the molecule is Cl.NCC1CCCN(Cc2cc(=O)n3cc(Cl)ccc3n2)C1. The molecule has 1 saturated heterocycles. The molecule has 2 aromatic rings. The predicted octanol–water partition coefficient (Wildman–Crippen LogP) is 1.94. The van der Waals surface area contributed by atoms with Gasteiger partial charge in [-0.05, 0) is 44.0 Å². The molecule has 0 amide bonds. The van der Waals surface area contributed by atoms with E-state index in [1.54, 1.807) is 24.4 Å². The molecule has 0 bridgehead atoms. The zero-order valence-corrected chi connectivity index (χ0v) is 13.8. The number of nitrogens with zero attached hydrogens (tertiary/aromatic N) is 3. The van der Waals surface area contributed by atoms with Gasteiger partial charge < -0.3 is 5.73 Å². The number of hydrogen-bond acceptors (Lipinski definition) is 4. The lowest BCUT2D eigenvalue weighted by atomic mass is 9.98. The molecule has 1 fully saturated rings. The minimum Gasteiger partial charge on any atom is -0.330 e. The molecule has 0 aromatic carbocycles. The molecule has 3 heterocycles. The number of fused-ring (bicyclic) bond motifs is 1. The Labute approximate surface area is 140 Å². The van der Waals surface area contributed by atoms with Crippen molar-refractivity contribution >= 4 is 29.7 Å². The summed E-state index contributed by atoms with van der Waals surface area (Å²) in [7, 11) is 0. The van der Waals surface area contributed by atoms with Crippen molar-refractivity contribution in [2.75, 3.05) is 19.6 Å². The zero-order valence-electron chi connectivity index (χ0n) is 12.2. The van der Waals surface area contributed by atoms with Crippen LogP contribution in [0.15, 0.2) is 29.2 Å². The molecule has 1 aliphatic heterocycles. The van der Waals surface area contributed by atoms with Gasteiger partial charge in [0.2, 0.25) is 0 Å². The van der Waals surface area contributed by atoms with Crippen molar-refractivity contribution in [3.8, 4) is 0 Å². The topological polar surface area (TPSA) is 63.6 Å². The number of rotatable bonds is 3. The number of hydrogen-bond donors (Lipinski definition) is 1. The number of piperidine rings is 1. The number of pyridine rings is 1. The molecule has 0 aliphatic carbocycles. The van der Waals surface area contributed by atoms with Gasteiger partial charge in [-0.25, -0.2) is 4.98 Å². The van der Waals surface area contributed by atoms with Crippen LogP contribution < -0.4 is 11.3 Å². The van der Waals surface area contributed by atoms with Crippen molar-refractivity contribution in [2.45, 2.75) is 19.4 Å². The van der Waals surface area contributed by atoms with E-state index in [-0.39, 0.29) is 18.0 Å². The second-order valence-corrected chi connectivity index (χ2v) is 6.08. The largest absolute Gasteiger partial charge is 0.330 e. The molecule has 1 unspecified atom stereocenters. The van der Waals surface area contributed by atoms with Gasteiger partial charge in [-0.1, -0.05) is 11.6 Å². The van der Waals surface area contributed by atoms with E-state index in [4.69, 9.17) is 17.3 Å². The van der Waals surface area contributed by atoms with Crippen LogP contribution in [0, 0.1) is 5.92 Å². The molecule has 1 aliphatic rings. The number of aromatic nitrogens is 2. The lowest BCUT2D eigenvalue weighted by Crippen LogP contribution is -2.38. The maximum absolute atomic E-state index is 12.1. The quantitative estimate of drug-likeness (QED) is 0.925. The van der Waals surface area contributed by atoms with Crippen LogP contribution in [0.5, 0.6) is 0 Å². The summed E-state index contributed by atoms with van der Waals surface area (Å²) in [4.78, 5) is 19.0. The third-order valence-corrected chi connectivity index (χ3v) is 4.22. The van der Waals surface area contributed by atoms with Crippen LogP contribution in [-0.4, -0.2) is 33.9 Å². The van der Waals surface area contributed by atoms with Crippen molar-refractivity contribution in [3.63, 3.8) is 0 Å². The molecule has 120 valence electrons. The Bertz CT molecular complexity index is 703. The molecule has 22 heavy (non-hydrogen) atoms. The molecule has 7 heteroatoms. The summed E-state index contributed by atoms with van der Waals surface area (Å²) in [5, 5.41) is 0.529. The summed E-state index contributed by atoms with van der Waals surface area (Å²) in [6.07, 6.45) is 3.95. The maximum atomic E-state index is 12.1. The Balaban J connectivity index is 0.00000176. The van der Waals surface area contributed by atoms with Crippen LogP contribution in [0.3, 0.4) is 0 Å². The Morgan fingerprint density at radius 1 is 1.41 bits per heavy atom. The molecule has 3 rings (SSSR count). The lowest BCUT2D eigenvalue weighted by Gasteiger charge is -2.31. The second kappa shape index (κ2) is 7.42. The van der Waals surface area contributed by atoms with Gasteiger partial charge in [0.15, 0.2) is 0 Å². The van der Waals surface area contributed by atoms with E-state index in [0.29, 0.717) is 23.1 Å². The van der Waals surface area contributed by atoms with Crippen molar-refractivity contribution in [1.82, 2.24) is 14.3 Å². The first kappa shape index (κ1) is 17.2. The molecule has 2 N–H and O–H groups in total. The fraction of sp³-hybridized carbons (Fsp3) is 0.467. The van der Waals surface area contributed by atoms with Gasteiger partial charge in [0.25, 0.3) is 5.56 Å². The summed E-state index contributed by atoms with van der Waals surface area (Å²) in [6.45, 7) is 3.45. The number of likely N-dealkylation sites (tertiary alicyclic amines) is 1. The van der Waals surface area contributed by atoms with Gasteiger partial charge >= 0.3 is 0 Å². The van der Waals surface area contributed by atoms with E-state index >= 15 is 0 Å². The van der Waals surface area contributed by atoms with Crippen molar-refractivity contribution in [2.24, 2.45) is 11.7 Å². The molecule has 5 nitrogen and oxygen atoms in total. The van der Waals surface area contributed by atoms with E-state index < -0.39 is 0 Å². The monoisotopic (exact) mass is 342 g/mol. The number of nitrogens with two attached hydrogens (primary N) is 1. The van der Waals surface area contributed by atoms with E-state index in [9.17, 15) is 4.79 Å². The molecule has 0 radical (unpaired) electrons. The molecule has 2 aromatic heterocycles. The summed E-state index contributed by atoms with van der Waals surface area (Å²) < 4.78 is 1.48. The Morgan fingerprint density at radius 2 is 2.23 bits per heavy atom. The Hall–Kier alpha value is -1.14. The van der Waals surface area contributed by atoms with Crippen LogP contribution >= 0.6 is 24.0 Å². The fourth-order valence-electron chi connectivity index (χ4n) is 2.92. The smallest absolute Gasteiger partial charge is 0.258 e. The van der Waals surface area contributed by atoms with Crippen molar-refractivity contribution < 1.29 is 0 Å². The predicted molar refractivity (Wildman–Crippen MR) is 90.8 cm³/mol. The second-order valence-electron chi connectivity index (χ2n) is 5.64. The molecular formula is C15H20Cl2N4O. The lowest BCUT2D eigenvalue weighted by molar-refractivity contribution is 0.169. The van der Waals surface area contributed by atoms with Gasteiger partial charge in [0.1, 0.15) is 5.65 Å². The van der Waals surface area contributed by atoms with Crippen LogP contribution in [-0.2, 0) is 6.54 Å². The highest BCUT2D eigenvalue weighted by atomic mass is 35.5. The maximum Gasteiger partial charge on any atom is 0.258 e. The Kier molecular flexibility index (Phi) is 5.81. The third kappa shape index (κ3) is 3.79. The highest BCUT2D eigenvalue weighted by molar-refractivity contribution is 6.30. The normalized spacial score (nSPS) is 19.1. The summed E-state index contributed by atoms with van der Waals surface area (Å²) in [5.74, 6) is 0.555. The third-order valence-electron chi connectivity index (χ3n) is 4.00. The van der Waals surface area contributed by atoms with Crippen LogP contribution in [0.25, 0.3) is 5.65 Å². The van der Waals surface area contributed by atoms with E-state index in [1.165, 1.54) is 10.8 Å². The van der Waals surface area contributed by atoms with Gasteiger partial charge in [0, 0.05) is 25.4 Å². The summed E-state index contributed by atoms with van der Waals surface area (Å²) in [6, 6.07) is 5.11. The van der Waals surface area contributed by atoms with Crippen molar-refractivity contribution in [1.29, 1.82) is 0 Å². The minimum absolute atomic E-state index is 0. The summed E-state index contributed by atoms with van der Waals surface area (Å²) in [5.41, 5.74) is 7.11. The molecule has 0 saturated carbocycles. The first-order valence-corrected chi connectivity index (χ1v) is 7.64. The van der Waals surface area contributed by atoms with Crippen LogP contribution in [0.4, 0.5) is 0 Å². The van der Waals surface area contributed by atoms with Crippen LogP contribution in [0.2, 0.25) is 5.02 Å². The van der Waals surface area contributed by atoms with E-state index in [0.717, 1.165) is 31.7 Å². The van der Waals surface area contributed by atoms with Crippen molar-refractivity contribution in [3.05, 3.63) is 45.5 Å². The van der Waals surface area contributed by atoms with Gasteiger partial charge in [-0.2, -0.15) is 0 Å². The standard InChI is InChI=1S/C15H19ClN4O.ClH/c16-12-3-4-14-18-13(6-15(21)20(14)9-12)10-19-5-1-2-11(7-17)8-19;/h3-4,6,9,11H,1-2,5,7-8,10,17H2;1H. The first-order valence-electron chi connectivity index (χ1n) is 7.26. The number of halogens is 2. The first-order chi connectivity index (χ1) is 10.2. The average molecular weight is 343 g/mol. The van der Waals surface area contributed by atoms with Gasteiger partial charge in [-0.3, -0.25) is 14.1 Å². The fourth-order valence-corrected chi connectivity index (χ4v) is 3.08. The minimum atomic E-state index is -0.0927. The average Bonchev–Trinajstić information content (AvgIpc) is 2.48. The van der Waals surface area contributed by atoms with Gasteiger partial charge in [-0.15, -0.1) is 12.4 Å². The highest BCUT2D eigenvalue weighted by Gasteiger charge is 2.19. The molecular weight excluding hydrogens is 323 g/mol. The molecule has 1 atom stereocenters. The highest BCUT2D eigenvalue weighted by Crippen LogP contribution is 2.17. The van der Waals surface area contributed by atoms with E-state index in [2.05, 4.69) is 9.88 Å². The molecule has 0 spiro atoms. The van der Waals surface area contributed by atoms with Gasteiger partial charge in [0.05, 0.1) is 10.7 Å². The summed E-state index contributed by atoms with van der Waals surface area (Å²) >= 11 is 5.91.